The Hall–Kier alpha value is 0.370. The molecule has 1 nitrogen and oxygen atoms in total. The Balaban J connectivity index is 2.26. The van der Waals surface area contributed by atoms with Gasteiger partial charge in [0.05, 0.1) is 0 Å². The first kappa shape index (κ1) is 7.99. The molecule has 1 heterocycles. The maximum atomic E-state index is 11.6. The van der Waals surface area contributed by atoms with Gasteiger partial charge < -0.3 is 0 Å². The van der Waals surface area contributed by atoms with E-state index in [1.807, 2.05) is 23.5 Å². The molecule has 0 N–H and O–H groups in total. The monoisotopic (exact) mass is 188 g/mol. The van der Waals surface area contributed by atoms with Crippen molar-refractivity contribution in [3.05, 3.63) is 0 Å². The fourth-order valence-electron chi connectivity index (χ4n) is 1.86. The lowest BCUT2D eigenvalue weighted by molar-refractivity contribution is -0.117. The molecule has 3 heteroatoms. The predicted molar refractivity (Wildman–Crippen MR) is 51.1 cm³/mol. The Morgan fingerprint density at radius 3 is 2.55 bits per heavy atom. The minimum atomic E-state index is 0.000000000000000444. The first-order valence-electron chi connectivity index (χ1n) is 4.07. The van der Waals surface area contributed by atoms with Crippen LogP contribution in [0.15, 0.2) is 0 Å². The second-order valence-corrected chi connectivity index (χ2v) is 6.17. The maximum absolute atomic E-state index is 11.6. The van der Waals surface area contributed by atoms with Crippen molar-refractivity contribution in [2.45, 2.75) is 23.8 Å². The molecular weight excluding hydrogens is 176 g/mol. The summed E-state index contributed by atoms with van der Waals surface area (Å²) < 4.78 is 0.000000000000000444. The molecule has 2 fully saturated rings. The van der Waals surface area contributed by atoms with Crippen LogP contribution in [0.2, 0.25) is 0 Å². The largest absolute Gasteiger partial charge is 0.297 e. The summed E-state index contributed by atoms with van der Waals surface area (Å²) in [6, 6.07) is 0. The van der Waals surface area contributed by atoms with Crippen LogP contribution in [0.3, 0.4) is 0 Å². The highest BCUT2D eigenvalue weighted by Gasteiger charge is 2.50. The SMILES string of the molecule is C[C@H]1CCC(=O)C12SCCS2. The van der Waals surface area contributed by atoms with E-state index in [9.17, 15) is 4.79 Å². The molecule has 2 aliphatic rings. The molecule has 2 rings (SSSR count). The van der Waals surface area contributed by atoms with Gasteiger partial charge in [0.1, 0.15) is 4.08 Å². The van der Waals surface area contributed by atoms with Crippen molar-refractivity contribution in [3.8, 4) is 0 Å². The summed E-state index contributed by atoms with van der Waals surface area (Å²) in [5.74, 6) is 3.44. The zero-order valence-corrected chi connectivity index (χ0v) is 8.26. The van der Waals surface area contributed by atoms with E-state index in [0.717, 1.165) is 12.8 Å². The van der Waals surface area contributed by atoms with Crippen LogP contribution in [0.4, 0.5) is 0 Å². The topological polar surface area (TPSA) is 17.1 Å². The zero-order valence-electron chi connectivity index (χ0n) is 6.63. The van der Waals surface area contributed by atoms with Crippen LogP contribution in [0.5, 0.6) is 0 Å². The van der Waals surface area contributed by atoms with Gasteiger partial charge in [-0.2, -0.15) is 0 Å². The van der Waals surface area contributed by atoms with Crippen molar-refractivity contribution >= 4 is 29.3 Å². The van der Waals surface area contributed by atoms with Crippen LogP contribution < -0.4 is 0 Å². The summed E-state index contributed by atoms with van der Waals surface area (Å²) in [5.41, 5.74) is 0. The Kier molecular flexibility index (Phi) is 1.96. The second kappa shape index (κ2) is 2.70. The van der Waals surface area contributed by atoms with E-state index in [2.05, 4.69) is 6.92 Å². The molecule has 1 atom stereocenters. The molecule has 0 amide bonds. The third-order valence-corrected chi connectivity index (χ3v) is 6.46. The van der Waals surface area contributed by atoms with Crippen LogP contribution in [0.1, 0.15) is 19.8 Å². The molecule has 0 unspecified atom stereocenters. The minimum Gasteiger partial charge on any atom is -0.297 e. The lowest BCUT2D eigenvalue weighted by Gasteiger charge is -2.24. The Bertz CT molecular complexity index is 185. The van der Waals surface area contributed by atoms with Gasteiger partial charge in [-0.3, -0.25) is 4.79 Å². The van der Waals surface area contributed by atoms with Gasteiger partial charge in [-0.05, 0) is 12.3 Å². The van der Waals surface area contributed by atoms with E-state index in [4.69, 9.17) is 0 Å². The van der Waals surface area contributed by atoms with Crippen LogP contribution >= 0.6 is 23.5 Å². The van der Waals surface area contributed by atoms with E-state index in [-0.39, 0.29) is 4.08 Å². The van der Waals surface area contributed by atoms with Gasteiger partial charge >= 0.3 is 0 Å². The quantitative estimate of drug-likeness (QED) is 0.580. The number of thioether (sulfide) groups is 2. The van der Waals surface area contributed by atoms with Crippen LogP contribution in [0.25, 0.3) is 0 Å². The van der Waals surface area contributed by atoms with Crippen molar-refractivity contribution in [2.24, 2.45) is 5.92 Å². The molecule has 0 bridgehead atoms. The number of ketones is 1. The van der Waals surface area contributed by atoms with Gasteiger partial charge in [0.2, 0.25) is 0 Å². The van der Waals surface area contributed by atoms with E-state index >= 15 is 0 Å². The summed E-state index contributed by atoms with van der Waals surface area (Å²) in [6.45, 7) is 2.22. The number of hydrogen-bond donors (Lipinski definition) is 0. The van der Waals surface area contributed by atoms with Gasteiger partial charge in [0.15, 0.2) is 5.78 Å². The summed E-state index contributed by atoms with van der Waals surface area (Å²) in [7, 11) is 0. The molecule has 0 aromatic heterocycles. The summed E-state index contributed by atoms with van der Waals surface area (Å²) in [6.07, 6.45) is 1.93. The number of carbonyl (C=O) groups excluding carboxylic acids is 1. The first-order chi connectivity index (χ1) is 5.26. The predicted octanol–water partition coefficient (Wildman–Crippen LogP) is 2.16. The standard InChI is InChI=1S/C8H12OS2/c1-6-2-3-7(9)8(6)10-4-5-11-8/h6H,2-5H2,1H3/t6-/m0/s1. The average molecular weight is 188 g/mol. The Labute approximate surface area is 75.7 Å². The van der Waals surface area contributed by atoms with Crippen LogP contribution in [-0.4, -0.2) is 21.4 Å². The van der Waals surface area contributed by atoms with Gasteiger partial charge in [0, 0.05) is 17.9 Å². The average Bonchev–Trinajstić information content (AvgIpc) is 2.56. The fraction of sp³-hybridized carbons (Fsp3) is 0.875. The number of carbonyl (C=O) groups is 1. The van der Waals surface area contributed by atoms with Gasteiger partial charge in [0.25, 0.3) is 0 Å². The first-order valence-corrected chi connectivity index (χ1v) is 6.04. The van der Waals surface area contributed by atoms with Gasteiger partial charge in [-0.15, -0.1) is 23.5 Å². The highest BCUT2D eigenvalue weighted by molar-refractivity contribution is 8.22. The van der Waals surface area contributed by atoms with Crippen molar-refractivity contribution in [1.29, 1.82) is 0 Å². The van der Waals surface area contributed by atoms with Gasteiger partial charge in [-0.1, -0.05) is 6.92 Å². The zero-order chi connectivity index (χ0) is 7.90. The van der Waals surface area contributed by atoms with Crippen LogP contribution in [0, 0.1) is 5.92 Å². The third kappa shape index (κ3) is 1.04. The lowest BCUT2D eigenvalue weighted by atomic mass is 10.1. The Morgan fingerprint density at radius 2 is 2.09 bits per heavy atom. The van der Waals surface area contributed by atoms with Gasteiger partial charge in [-0.25, -0.2) is 0 Å². The highest BCUT2D eigenvalue weighted by atomic mass is 32.2. The molecular formula is C8H12OS2. The number of rotatable bonds is 0. The molecule has 1 aliphatic heterocycles. The molecule has 1 aliphatic carbocycles. The highest BCUT2D eigenvalue weighted by Crippen LogP contribution is 2.55. The van der Waals surface area contributed by atoms with Crippen molar-refractivity contribution < 1.29 is 4.79 Å². The van der Waals surface area contributed by atoms with Crippen molar-refractivity contribution in [2.75, 3.05) is 11.5 Å². The molecule has 11 heavy (non-hydrogen) atoms. The third-order valence-electron chi connectivity index (χ3n) is 2.56. The Morgan fingerprint density at radius 1 is 1.45 bits per heavy atom. The molecule has 0 aromatic carbocycles. The molecule has 1 saturated carbocycles. The van der Waals surface area contributed by atoms with Crippen LogP contribution in [-0.2, 0) is 4.79 Å². The number of hydrogen-bond acceptors (Lipinski definition) is 3. The fourth-order valence-corrected chi connectivity index (χ4v) is 5.30. The molecule has 1 spiro atoms. The minimum absolute atomic E-state index is 0.000000000000000444. The van der Waals surface area contributed by atoms with E-state index < -0.39 is 0 Å². The normalized spacial score (nSPS) is 35.4. The molecule has 1 saturated heterocycles. The smallest absolute Gasteiger partial charge is 0.159 e. The summed E-state index contributed by atoms with van der Waals surface area (Å²) in [4.78, 5) is 11.6. The van der Waals surface area contributed by atoms with E-state index in [1.165, 1.54) is 11.5 Å². The second-order valence-electron chi connectivity index (χ2n) is 3.23. The molecule has 0 aromatic rings. The van der Waals surface area contributed by atoms with Crippen molar-refractivity contribution in [3.63, 3.8) is 0 Å². The van der Waals surface area contributed by atoms with E-state index in [0.29, 0.717) is 11.7 Å². The summed E-state index contributed by atoms with van der Waals surface area (Å²) >= 11 is 3.76. The molecule has 62 valence electrons. The number of Topliss-reactive ketones (excluding diaryl/α,β-unsaturated/α-hetero) is 1. The van der Waals surface area contributed by atoms with Crippen molar-refractivity contribution in [1.82, 2.24) is 0 Å². The summed E-state index contributed by atoms with van der Waals surface area (Å²) in [5, 5.41) is 0. The molecule has 0 radical (unpaired) electrons. The maximum Gasteiger partial charge on any atom is 0.159 e. The lowest BCUT2D eigenvalue weighted by Crippen LogP contribution is -2.28. The van der Waals surface area contributed by atoms with E-state index in [1.54, 1.807) is 0 Å².